The number of hydrogen-bond acceptors (Lipinski definition) is 5. The smallest absolute Gasteiger partial charge is 0.182 e. The van der Waals surface area contributed by atoms with Crippen LogP contribution < -0.4 is 5.32 Å². The van der Waals surface area contributed by atoms with Crippen LogP contribution in [-0.4, -0.2) is 50.5 Å². The Morgan fingerprint density at radius 2 is 2.06 bits per heavy atom. The van der Waals surface area contributed by atoms with Gasteiger partial charge in [-0.1, -0.05) is 13.8 Å². The van der Waals surface area contributed by atoms with Gasteiger partial charge in [-0.2, -0.15) is 0 Å². The summed E-state index contributed by atoms with van der Waals surface area (Å²) in [5.74, 6) is 0.817. The van der Waals surface area contributed by atoms with Crippen molar-refractivity contribution >= 4 is 17.0 Å². The lowest BCUT2D eigenvalue weighted by Crippen LogP contribution is -2.35. The zero-order valence-electron chi connectivity index (χ0n) is 11.1. The number of rotatable bonds is 6. The predicted molar refractivity (Wildman–Crippen MR) is 72.6 cm³/mol. The van der Waals surface area contributed by atoms with E-state index >= 15 is 0 Å². The molecule has 2 aromatic heterocycles. The quantitative estimate of drug-likeness (QED) is 0.810. The van der Waals surface area contributed by atoms with E-state index in [4.69, 9.17) is 0 Å². The summed E-state index contributed by atoms with van der Waals surface area (Å²) in [6.07, 6.45) is 3.18. The highest BCUT2D eigenvalue weighted by Gasteiger charge is 2.11. The lowest BCUT2D eigenvalue weighted by Gasteiger charge is -2.23. The highest BCUT2D eigenvalue weighted by atomic mass is 15.2. The SMILES string of the molecule is CCN(CC)CC(C)Nc1ncnc2nc[nH]c12. The second kappa shape index (κ2) is 5.77. The number of anilines is 1. The van der Waals surface area contributed by atoms with E-state index in [2.05, 4.69) is 50.9 Å². The molecule has 1 atom stereocenters. The number of nitrogens with one attached hydrogen (secondary N) is 2. The second-order valence-corrected chi connectivity index (χ2v) is 4.35. The number of fused-ring (bicyclic) bond motifs is 1. The first-order valence-corrected chi connectivity index (χ1v) is 6.37. The molecule has 0 amide bonds. The normalized spacial score (nSPS) is 13.1. The van der Waals surface area contributed by atoms with Crippen molar-refractivity contribution in [2.24, 2.45) is 0 Å². The van der Waals surface area contributed by atoms with Crippen molar-refractivity contribution in [3.8, 4) is 0 Å². The van der Waals surface area contributed by atoms with Gasteiger partial charge in [-0.05, 0) is 20.0 Å². The molecule has 1 unspecified atom stereocenters. The molecule has 0 bridgehead atoms. The number of likely N-dealkylation sites (N-methyl/N-ethyl adjacent to an activating group) is 1. The van der Waals surface area contributed by atoms with Crippen molar-refractivity contribution in [1.82, 2.24) is 24.8 Å². The summed E-state index contributed by atoms with van der Waals surface area (Å²) in [5.41, 5.74) is 1.56. The Balaban J connectivity index is 2.06. The average molecular weight is 248 g/mol. The van der Waals surface area contributed by atoms with Crippen LogP contribution in [-0.2, 0) is 0 Å². The maximum atomic E-state index is 4.27. The van der Waals surface area contributed by atoms with Gasteiger partial charge in [0, 0.05) is 12.6 Å². The predicted octanol–water partition coefficient (Wildman–Crippen LogP) is 1.50. The largest absolute Gasteiger partial charge is 0.364 e. The fraction of sp³-hybridized carbons (Fsp3) is 0.583. The van der Waals surface area contributed by atoms with Crippen molar-refractivity contribution in [2.75, 3.05) is 25.0 Å². The van der Waals surface area contributed by atoms with Crippen molar-refractivity contribution in [2.45, 2.75) is 26.8 Å². The van der Waals surface area contributed by atoms with Crippen LogP contribution in [0.15, 0.2) is 12.7 Å². The summed E-state index contributed by atoms with van der Waals surface area (Å²) >= 11 is 0. The molecule has 0 spiro atoms. The van der Waals surface area contributed by atoms with Crippen LogP contribution in [0.2, 0.25) is 0 Å². The minimum absolute atomic E-state index is 0.325. The van der Waals surface area contributed by atoms with Gasteiger partial charge in [0.15, 0.2) is 11.5 Å². The summed E-state index contributed by atoms with van der Waals surface area (Å²) in [5, 5.41) is 3.41. The second-order valence-electron chi connectivity index (χ2n) is 4.35. The molecule has 2 aromatic rings. The number of hydrogen-bond donors (Lipinski definition) is 2. The van der Waals surface area contributed by atoms with Gasteiger partial charge >= 0.3 is 0 Å². The monoisotopic (exact) mass is 248 g/mol. The van der Waals surface area contributed by atoms with Crippen LogP contribution in [0.3, 0.4) is 0 Å². The van der Waals surface area contributed by atoms with E-state index in [0.29, 0.717) is 11.7 Å². The Morgan fingerprint density at radius 3 is 2.78 bits per heavy atom. The summed E-state index contributed by atoms with van der Waals surface area (Å²) in [6.45, 7) is 9.62. The van der Waals surface area contributed by atoms with E-state index in [1.807, 2.05) is 0 Å². The van der Waals surface area contributed by atoms with E-state index in [1.165, 1.54) is 6.33 Å². The zero-order chi connectivity index (χ0) is 13.0. The third-order valence-electron chi connectivity index (χ3n) is 3.03. The van der Waals surface area contributed by atoms with Gasteiger partial charge < -0.3 is 15.2 Å². The van der Waals surface area contributed by atoms with E-state index in [9.17, 15) is 0 Å². The molecule has 2 N–H and O–H groups in total. The molecule has 0 radical (unpaired) electrons. The van der Waals surface area contributed by atoms with Gasteiger partial charge in [-0.15, -0.1) is 0 Å². The molecule has 0 aliphatic heterocycles. The van der Waals surface area contributed by atoms with Crippen molar-refractivity contribution in [3.63, 3.8) is 0 Å². The summed E-state index contributed by atoms with van der Waals surface area (Å²) in [7, 11) is 0. The summed E-state index contributed by atoms with van der Waals surface area (Å²) in [6, 6.07) is 0.325. The van der Waals surface area contributed by atoms with Crippen LogP contribution in [0.5, 0.6) is 0 Å². The first kappa shape index (κ1) is 12.8. The Bertz CT molecular complexity index is 490. The molecule has 2 rings (SSSR count). The molecule has 0 aliphatic carbocycles. The van der Waals surface area contributed by atoms with Gasteiger partial charge in [-0.3, -0.25) is 0 Å². The molecule has 0 aliphatic rings. The van der Waals surface area contributed by atoms with E-state index in [1.54, 1.807) is 6.33 Å². The van der Waals surface area contributed by atoms with E-state index in [0.717, 1.165) is 31.0 Å². The molecule has 98 valence electrons. The molecular weight excluding hydrogens is 228 g/mol. The molecule has 0 aromatic carbocycles. The minimum Gasteiger partial charge on any atom is -0.364 e. The third-order valence-corrected chi connectivity index (χ3v) is 3.03. The van der Waals surface area contributed by atoms with Gasteiger partial charge in [-0.25, -0.2) is 15.0 Å². The highest BCUT2D eigenvalue weighted by molar-refractivity contribution is 5.81. The molecule has 2 heterocycles. The van der Waals surface area contributed by atoms with Crippen molar-refractivity contribution in [1.29, 1.82) is 0 Å². The van der Waals surface area contributed by atoms with Crippen LogP contribution in [0.25, 0.3) is 11.2 Å². The lowest BCUT2D eigenvalue weighted by molar-refractivity contribution is 0.294. The molecule has 18 heavy (non-hydrogen) atoms. The zero-order valence-corrected chi connectivity index (χ0v) is 11.1. The maximum Gasteiger partial charge on any atom is 0.182 e. The maximum absolute atomic E-state index is 4.27. The molecule has 0 saturated heterocycles. The standard InChI is InChI=1S/C12H20N6/c1-4-18(5-2)6-9(3)17-12-10-11(14-7-13-10)15-8-16-12/h7-9H,4-6H2,1-3H3,(H2,13,14,15,16,17). The van der Waals surface area contributed by atoms with Crippen LogP contribution >= 0.6 is 0 Å². The number of aromatic amines is 1. The van der Waals surface area contributed by atoms with Gasteiger partial charge in [0.1, 0.15) is 11.8 Å². The van der Waals surface area contributed by atoms with Gasteiger partial charge in [0.05, 0.1) is 6.33 Å². The molecule has 6 heteroatoms. The van der Waals surface area contributed by atoms with Crippen LogP contribution in [0, 0.1) is 0 Å². The molecular formula is C12H20N6. The molecule has 6 nitrogen and oxygen atoms in total. The number of nitrogens with zero attached hydrogens (tertiary/aromatic N) is 4. The van der Waals surface area contributed by atoms with Gasteiger partial charge in [0.2, 0.25) is 0 Å². The Labute approximate surface area is 107 Å². The summed E-state index contributed by atoms with van der Waals surface area (Å²) < 4.78 is 0. The molecule has 0 fully saturated rings. The van der Waals surface area contributed by atoms with Crippen molar-refractivity contribution in [3.05, 3.63) is 12.7 Å². The highest BCUT2D eigenvalue weighted by Crippen LogP contribution is 2.15. The van der Waals surface area contributed by atoms with E-state index < -0.39 is 0 Å². The number of H-pyrrole nitrogens is 1. The van der Waals surface area contributed by atoms with Crippen LogP contribution in [0.1, 0.15) is 20.8 Å². The van der Waals surface area contributed by atoms with Crippen LogP contribution in [0.4, 0.5) is 5.82 Å². The fourth-order valence-electron chi connectivity index (χ4n) is 2.02. The Kier molecular flexibility index (Phi) is 4.09. The Hall–Kier alpha value is -1.69. The molecule has 0 saturated carbocycles. The third kappa shape index (κ3) is 2.76. The first-order chi connectivity index (χ1) is 8.74. The lowest BCUT2D eigenvalue weighted by atomic mass is 10.3. The van der Waals surface area contributed by atoms with Gasteiger partial charge in [0.25, 0.3) is 0 Å². The Morgan fingerprint density at radius 1 is 1.28 bits per heavy atom. The summed E-state index contributed by atoms with van der Waals surface area (Å²) in [4.78, 5) is 17.9. The average Bonchev–Trinajstić information content (AvgIpc) is 2.85. The number of imidazole rings is 1. The topological polar surface area (TPSA) is 69.7 Å². The number of aromatic nitrogens is 4. The fourth-order valence-corrected chi connectivity index (χ4v) is 2.02. The first-order valence-electron chi connectivity index (χ1n) is 6.37. The van der Waals surface area contributed by atoms with Crippen molar-refractivity contribution < 1.29 is 0 Å². The minimum atomic E-state index is 0.325. The van der Waals surface area contributed by atoms with E-state index in [-0.39, 0.29) is 0 Å².